The third-order valence-electron chi connectivity index (χ3n) is 9.03. The van der Waals surface area contributed by atoms with Crippen molar-refractivity contribution in [1.29, 1.82) is 0 Å². The van der Waals surface area contributed by atoms with E-state index in [1.165, 1.54) is 37.6 Å². The summed E-state index contributed by atoms with van der Waals surface area (Å²) in [5.41, 5.74) is 3.31. The van der Waals surface area contributed by atoms with Gasteiger partial charge in [-0.05, 0) is 81.3 Å². The first kappa shape index (κ1) is 27.0. The predicted molar refractivity (Wildman–Crippen MR) is 162 cm³/mol. The third-order valence-corrected chi connectivity index (χ3v) is 9.35. The molecular formula is C32H38ClN5O2. The van der Waals surface area contributed by atoms with Gasteiger partial charge in [0.1, 0.15) is 5.82 Å². The number of benzene rings is 2. The van der Waals surface area contributed by atoms with Crippen LogP contribution in [-0.2, 0) is 17.8 Å². The molecule has 0 N–H and O–H groups in total. The maximum atomic E-state index is 12.2. The van der Waals surface area contributed by atoms with E-state index in [9.17, 15) is 4.79 Å². The van der Waals surface area contributed by atoms with Crippen LogP contribution in [0.15, 0.2) is 49.1 Å². The van der Waals surface area contributed by atoms with E-state index < -0.39 is 0 Å². The Balaban J connectivity index is 0.000000429. The summed E-state index contributed by atoms with van der Waals surface area (Å²) in [6.45, 7) is 9.60. The molecule has 3 fully saturated rings. The van der Waals surface area contributed by atoms with Crippen molar-refractivity contribution < 1.29 is 9.53 Å². The van der Waals surface area contributed by atoms with Crippen LogP contribution in [0.4, 0.5) is 11.5 Å². The number of nitrogens with zero attached hydrogens (tertiary/aromatic N) is 5. The maximum absolute atomic E-state index is 12.2. The van der Waals surface area contributed by atoms with Crippen molar-refractivity contribution in [3.8, 4) is 6.01 Å². The lowest BCUT2D eigenvalue weighted by Gasteiger charge is -2.35. The van der Waals surface area contributed by atoms with E-state index in [0.29, 0.717) is 24.4 Å². The average Bonchev–Trinajstić information content (AvgIpc) is 3.51. The first-order valence-corrected chi connectivity index (χ1v) is 14.8. The van der Waals surface area contributed by atoms with Gasteiger partial charge in [0.2, 0.25) is 0 Å². The van der Waals surface area contributed by atoms with Crippen molar-refractivity contribution >= 4 is 39.7 Å². The number of fused-ring (bicyclic) bond motifs is 3. The molecule has 7 rings (SSSR count). The minimum Gasteiger partial charge on any atom is -0.467 e. The summed E-state index contributed by atoms with van der Waals surface area (Å²) < 4.78 is 5.50. The zero-order chi connectivity index (χ0) is 27.8. The largest absolute Gasteiger partial charge is 0.467 e. The van der Waals surface area contributed by atoms with Crippen LogP contribution in [0.5, 0.6) is 6.01 Å². The van der Waals surface area contributed by atoms with Crippen molar-refractivity contribution in [1.82, 2.24) is 14.9 Å². The molecular weight excluding hydrogens is 522 g/mol. The summed E-state index contributed by atoms with van der Waals surface area (Å²) in [7, 11) is 3.79. The molecule has 2 aromatic carbocycles. The normalized spacial score (nSPS) is 23.6. The van der Waals surface area contributed by atoms with Gasteiger partial charge in [-0.25, -0.2) is 0 Å². The van der Waals surface area contributed by atoms with Gasteiger partial charge in [0.25, 0.3) is 0 Å². The number of allylic oxidation sites excluding steroid dienone is 1. The third kappa shape index (κ3) is 5.17. The molecule has 1 aliphatic carbocycles. The molecule has 3 unspecified atom stereocenters. The second-order valence-electron chi connectivity index (χ2n) is 11.5. The van der Waals surface area contributed by atoms with Gasteiger partial charge in [-0.3, -0.25) is 4.79 Å². The number of piperidine rings is 1. The van der Waals surface area contributed by atoms with E-state index in [1.54, 1.807) is 7.11 Å². The highest BCUT2D eigenvalue weighted by Gasteiger charge is 2.55. The smallest absolute Gasteiger partial charge is 0.318 e. The molecule has 7 nitrogen and oxygen atoms in total. The Morgan fingerprint density at radius 3 is 2.52 bits per heavy atom. The predicted octanol–water partition coefficient (Wildman–Crippen LogP) is 5.39. The molecule has 40 heavy (non-hydrogen) atoms. The van der Waals surface area contributed by atoms with Crippen molar-refractivity contribution in [3.63, 3.8) is 0 Å². The number of methoxy groups -OCH3 is 1. The number of hydrogen-bond acceptors (Lipinski definition) is 7. The number of carbonyl (C=O) groups excluding carboxylic acids is 1. The highest BCUT2D eigenvalue weighted by atomic mass is 35.5. The number of halogens is 1. The van der Waals surface area contributed by atoms with Crippen LogP contribution in [0.25, 0.3) is 10.8 Å². The first-order valence-electron chi connectivity index (χ1n) is 14.4. The molecule has 210 valence electrons. The van der Waals surface area contributed by atoms with Gasteiger partial charge in [-0.1, -0.05) is 42.4 Å². The lowest BCUT2D eigenvalue weighted by molar-refractivity contribution is -0.116. The van der Waals surface area contributed by atoms with Gasteiger partial charge in [0.15, 0.2) is 5.78 Å². The minimum absolute atomic E-state index is 0.133. The fourth-order valence-electron chi connectivity index (χ4n) is 6.85. The quantitative estimate of drug-likeness (QED) is 0.388. The molecule has 0 amide bonds. The number of likely N-dealkylation sites (tertiary alicyclic amines) is 1. The van der Waals surface area contributed by atoms with Gasteiger partial charge in [0.05, 0.1) is 24.4 Å². The molecule has 3 aliphatic heterocycles. The topological polar surface area (TPSA) is 61.8 Å². The fraction of sp³-hybridized carbons (Fsp3) is 0.469. The van der Waals surface area contributed by atoms with Crippen LogP contribution in [0.2, 0.25) is 5.02 Å². The number of hydrogen-bond donors (Lipinski definition) is 0. The molecule has 1 aromatic heterocycles. The molecule has 0 bridgehead atoms. The average molecular weight is 560 g/mol. The molecule has 0 spiro atoms. The summed E-state index contributed by atoms with van der Waals surface area (Å²) in [6.07, 6.45) is 6.16. The number of rotatable bonds is 5. The molecule has 2 saturated heterocycles. The molecule has 8 heteroatoms. The van der Waals surface area contributed by atoms with Crippen LogP contribution in [0.3, 0.4) is 0 Å². The van der Waals surface area contributed by atoms with Crippen LogP contribution in [-0.4, -0.2) is 67.5 Å². The second kappa shape index (κ2) is 11.4. The number of carbonyl (C=O) groups is 1. The summed E-state index contributed by atoms with van der Waals surface area (Å²) >= 11 is 6.61. The SMILES string of the molecule is C=CC(=O)C1C2CCN(c3nc(OC)nc4c3CCN(c3cccc5cccc(Cl)c35)C4)CC21.CN1CCCC1. The lowest BCUT2D eigenvalue weighted by atomic mass is 10.0. The highest BCUT2D eigenvalue weighted by molar-refractivity contribution is 6.36. The van der Waals surface area contributed by atoms with Gasteiger partial charge < -0.3 is 19.4 Å². The Morgan fingerprint density at radius 2 is 1.82 bits per heavy atom. The van der Waals surface area contributed by atoms with E-state index in [1.807, 2.05) is 12.1 Å². The summed E-state index contributed by atoms with van der Waals surface area (Å²) in [5.74, 6) is 2.17. The molecule has 4 aliphatic rings. The Hall–Kier alpha value is -3.16. The molecule has 4 heterocycles. The Kier molecular flexibility index (Phi) is 7.69. The second-order valence-corrected chi connectivity index (χ2v) is 11.9. The monoisotopic (exact) mass is 559 g/mol. The van der Waals surface area contributed by atoms with Crippen LogP contribution >= 0.6 is 11.6 Å². The number of ether oxygens (including phenoxy) is 1. The van der Waals surface area contributed by atoms with Crippen molar-refractivity contribution in [2.45, 2.75) is 32.2 Å². The van der Waals surface area contributed by atoms with Crippen LogP contribution in [0.1, 0.15) is 30.5 Å². The zero-order valence-electron chi connectivity index (χ0n) is 23.5. The molecule has 1 saturated carbocycles. The number of anilines is 2. The standard InChI is InChI=1S/C27H27ClN4O2.C5H11N/c1-3-23(33)25-17-10-13-32(14-19(17)25)26-18-11-12-31(15-21(18)29-27(30-26)34-2)22-9-5-7-16-6-4-8-20(28)24(16)22;1-6-4-2-3-5-6/h3-9,17,19,25H,1,10-15H2,2H3;2-5H2,1H3. The minimum atomic E-state index is 0.133. The number of ketones is 1. The van der Waals surface area contributed by atoms with E-state index in [0.717, 1.165) is 65.5 Å². The molecule has 3 aromatic rings. The summed E-state index contributed by atoms with van der Waals surface area (Å²) in [5, 5.41) is 2.97. The van der Waals surface area contributed by atoms with E-state index in [-0.39, 0.29) is 11.7 Å². The Morgan fingerprint density at radius 1 is 1.05 bits per heavy atom. The van der Waals surface area contributed by atoms with Crippen LogP contribution in [0, 0.1) is 17.8 Å². The zero-order valence-corrected chi connectivity index (χ0v) is 24.2. The van der Waals surface area contributed by atoms with Crippen molar-refractivity contribution in [2.24, 2.45) is 17.8 Å². The Bertz CT molecular complexity index is 1420. The summed E-state index contributed by atoms with van der Waals surface area (Å²) in [6, 6.07) is 12.7. The van der Waals surface area contributed by atoms with E-state index >= 15 is 0 Å². The first-order chi connectivity index (χ1) is 19.5. The van der Waals surface area contributed by atoms with E-state index in [2.05, 4.69) is 52.6 Å². The van der Waals surface area contributed by atoms with Crippen LogP contribution < -0.4 is 14.5 Å². The highest BCUT2D eigenvalue weighted by Crippen LogP contribution is 2.53. The Labute approximate surface area is 241 Å². The lowest BCUT2D eigenvalue weighted by Crippen LogP contribution is -2.37. The van der Waals surface area contributed by atoms with Crippen molar-refractivity contribution in [3.05, 3.63) is 65.3 Å². The van der Waals surface area contributed by atoms with Gasteiger partial charge >= 0.3 is 6.01 Å². The van der Waals surface area contributed by atoms with Crippen molar-refractivity contribution in [2.75, 3.05) is 56.7 Å². The van der Waals surface area contributed by atoms with Gasteiger partial charge in [-0.15, -0.1) is 0 Å². The molecule has 3 atom stereocenters. The van der Waals surface area contributed by atoms with Gasteiger partial charge in [0, 0.05) is 42.2 Å². The fourth-order valence-corrected chi connectivity index (χ4v) is 7.13. The molecule has 0 radical (unpaired) electrons. The van der Waals surface area contributed by atoms with E-state index in [4.69, 9.17) is 26.3 Å². The summed E-state index contributed by atoms with van der Waals surface area (Å²) in [4.78, 5) is 28.8. The number of aromatic nitrogens is 2. The van der Waals surface area contributed by atoms with Gasteiger partial charge in [-0.2, -0.15) is 9.97 Å². The maximum Gasteiger partial charge on any atom is 0.318 e.